The first-order valence-corrected chi connectivity index (χ1v) is 7.29. The van der Waals surface area contributed by atoms with E-state index in [1.54, 1.807) is 13.0 Å². The normalized spacial score (nSPS) is 10.4. The smallest absolute Gasteiger partial charge is 0.283 e. The van der Waals surface area contributed by atoms with Crippen molar-refractivity contribution >= 4 is 29.0 Å². The van der Waals surface area contributed by atoms with E-state index in [-0.39, 0.29) is 21.2 Å². The van der Waals surface area contributed by atoms with Gasteiger partial charge in [-0.25, -0.2) is 8.78 Å². The number of nitro benzene ring substituents is 1. The molecule has 8 heteroatoms. The summed E-state index contributed by atoms with van der Waals surface area (Å²) in [5.41, 5.74) is 0.429. The van der Waals surface area contributed by atoms with Crippen LogP contribution >= 0.6 is 11.8 Å². The summed E-state index contributed by atoms with van der Waals surface area (Å²) in [5.74, 6) is -2.28. The first kappa shape index (κ1) is 16.9. The van der Waals surface area contributed by atoms with Gasteiger partial charge < -0.3 is 5.32 Å². The van der Waals surface area contributed by atoms with Gasteiger partial charge in [-0.1, -0.05) is 17.8 Å². The lowest BCUT2D eigenvalue weighted by molar-refractivity contribution is -0.387. The molecule has 0 saturated carbocycles. The number of aryl methyl sites for hydroxylation is 1. The number of hydrogen-bond donors (Lipinski definition) is 1. The Bertz CT molecular complexity index is 773. The van der Waals surface area contributed by atoms with Crippen molar-refractivity contribution in [1.29, 1.82) is 0 Å². The van der Waals surface area contributed by atoms with Crippen molar-refractivity contribution in [2.45, 2.75) is 23.6 Å². The second-order valence-electron chi connectivity index (χ2n) is 4.78. The minimum Gasteiger partial charge on any atom is -0.326 e. The zero-order chi connectivity index (χ0) is 17.1. The molecule has 0 aliphatic heterocycles. The first-order chi connectivity index (χ1) is 10.8. The molecule has 2 rings (SSSR count). The lowest BCUT2D eigenvalue weighted by Gasteiger charge is -2.09. The molecule has 0 aliphatic rings. The van der Waals surface area contributed by atoms with Gasteiger partial charge in [-0.3, -0.25) is 14.9 Å². The van der Waals surface area contributed by atoms with Crippen molar-refractivity contribution in [3.63, 3.8) is 0 Å². The predicted molar refractivity (Wildman–Crippen MR) is 82.6 cm³/mol. The van der Waals surface area contributed by atoms with Gasteiger partial charge in [-0.05, 0) is 30.7 Å². The summed E-state index contributed by atoms with van der Waals surface area (Å²) < 4.78 is 28.2. The third-order valence-corrected chi connectivity index (χ3v) is 4.00. The van der Waals surface area contributed by atoms with Crippen molar-refractivity contribution in [2.24, 2.45) is 0 Å². The molecular weight excluding hydrogens is 326 g/mol. The van der Waals surface area contributed by atoms with Gasteiger partial charge in [0.05, 0.1) is 14.7 Å². The molecule has 0 unspecified atom stereocenters. The fourth-order valence-corrected chi connectivity index (χ4v) is 2.81. The molecule has 5 nitrogen and oxygen atoms in total. The number of benzene rings is 2. The average Bonchev–Trinajstić information content (AvgIpc) is 2.43. The highest BCUT2D eigenvalue weighted by atomic mass is 32.2. The summed E-state index contributed by atoms with van der Waals surface area (Å²) in [5, 5.41) is 13.3. The summed E-state index contributed by atoms with van der Waals surface area (Å²) in [6, 6.07) is 6.33. The minimum atomic E-state index is -0.909. The quantitative estimate of drug-likeness (QED) is 0.667. The van der Waals surface area contributed by atoms with Crippen molar-refractivity contribution in [3.8, 4) is 0 Å². The number of amides is 1. The maximum Gasteiger partial charge on any atom is 0.283 e. The predicted octanol–water partition coefficient (Wildman–Crippen LogP) is 4.29. The summed E-state index contributed by atoms with van der Waals surface area (Å²) >= 11 is 0.628. The molecule has 0 aliphatic carbocycles. The topological polar surface area (TPSA) is 72.2 Å². The molecule has 0 spiro atoms. The van der Waals surface area contributed by atoms with Crippen molar-refractivity contribution < 1.29 is 18.5 Å². The Balaban J connectivity index is 2.41. The van der Waals surface area contributed by atoms with Crippen LogP contribution in [0.1, 0.15) is 12.5 Å². The highest BCUT2D eigenvalue weighted by molar-refractivity contribution is 7.99. The van der Waals surface area contributed by atoms with Crippen LogP contribution in [-0.2, 0) is 4.79 Å². The van der Waals surface area contributed by atoms with Crippen LogP contribution in [-0.4, -0.2) is 10.8 Å². The number of nitrogens with zero attached hydrogens (tertiary/aromatic N) is 1. The van der Waals surface area contributed by atoms with Crippen LogP contribution in [0, 0.1) is 28.7 Å². The van der Waals surface area contributed by atoms with Crippen molar-refractivity contribution in [1.82, 2.24) is 0 Å². The molecule has 0 radical (unpaired) electrons. The van der Waals surface area contributed by atoms with E-state index in [4.69, 9.17) is 0 Å². The highest BCUT2D eigenvalue weighted by Crippen LogP contribution is 2.38. The van der Waals surface area contributed by atoms with Gasteiger partial charge in [-0.15, -0.1) is 0 Å². The SMILES string of the molecule is CC(=O)Nc1cc(F)c(Sc2ccc(C)cc2[N+](=O)[O-])c(F)c1. The lowest BCUT2D eigenvalue weighted by Crippen LogP contribution is -2.06. The molecule has 120 valence electrons. The number of anilines is 1. The minimum absolute atomic E-state index is 0.0183. The van der Waals surface area contributed by atoms with Gasteiger partial charge in [0, 0.05) is 18.7 Å². The molecule has 1 N–H and O–H groups in total. The monoisotopic (exact) mass is 338 g/mol. The Kier molecular flexibility index (Phi) is 4.95. The van der Waals surface area contributed by atoms with Crippen LogP contribution in [0.3, 0.4) is 0 Å². The maximum absolute atomic E-state index is 14.1. The number of nitrogens with one attached hydrogen (secondary N) is 1. The molecule has 0 bridgehead atoms. The third kappa shape index (κ3) is 4.04. The molecule has 0 aromatic heterocycles. The Hall–Kier alpha value is -2.48. The molecule has 0 heterocycles. The van der Waals surface area contributed by atoms with Crippen molar-refractivity contribution in [3.05, 3.63) is 57.6 Å². The number of nitro groups is 1. The Morgan fingerprint density at radius 2 is 1.83 bits per heavy atom. The van der Waals surface area contributed by atoms with Gasteiger partial charge in [0.2, 0.25) is 5.91 Å². The molecule has 0 saturated heterocycles. The van der Waals surface area contributed by atoms with Gasteiger partial charge in [-0.2, -0.15) is 0 Å². The molecule has 0 fully saturated rings. The van der Waals surface area contributed by atoms with Crippen LogP contribution < -0.4 is 5.32 Å². The Labute approximate surface area is 134 Å². The van der Waals surface area contributed by atoms with Crippen molar-refractivity contribution in [2.75, 3.05) is 5.32 Å². The number of carbonyl (C=O) groups is 1. The Morgan fingerprint density at radius 1 is 1.22 bits per heavy atom. The Morgan fingerprint density at radius 3 is 2.35 bits per heavy atom. The molecule has 1 amide bonds. The maximum atomic E-state index is 14.1. The third-order valence-electron chi connectivity index (χ3n) is 2.84. The fourth-order valence-electron chi connectivity index (χ4n) is 1.90. The second kappa shape index (κ2) is 6.74. The molecule has 0 atom stereocenters. The zero-order valence-electron chi connectivity index (χ0n) is 12.2. The molecular formula is C15H12F2N2O3S. The van der Waals surface area contributed by atoms with E-state index in [1.807, 2.05) is 0 Å². The van der Waals surface area contributed by atoms with Crippen LogP contribution in [0.25, 0.3) is 0 Å². The summed E-state index contributed by atoms with van der Waals surface area (Å²) in [7, 11) is 0. The van der Waals surface area contributed by atoms with E-state index in [0.717, 1.165) is 12.1 Å². The van der Waals surface area contributed by atoms with Gasteiger partial charge in [0.1, 0.15) is 11.6 Å². The number of halogens is 2. The van der Waals surface area contributed by atoms with E-state index in [1.165, 1.54) is 19.1 Å². The van der Waals surface area contributed by atoms with Crippen LogP contribution in [0.15, 0.2) is 40.1 Å². The van der Waals surface area contributed by atoms with E-state index in [0.29, 0.717) is 17.3 Å². The van der Waals surface area contributed by atoms with Crippen LogP contribution in [0.4, 0.5) is 20.2 Å². The summed E-state index contributed by atoms with van der Waals surface area (Å²) in [4.78, 5) is 21.2. The summed E-state index contributed by atoms with van der Waals surface area (Å²) in [6.45, 7) is 2.90. The van der Waals surface area contributed by atoms with E-state index in [2.05, 4.69) is 5.32 Å². The largest absolute Gasteiger partial charge is 0.326 e. The second-order valence-corrected chi connectivity index (χ2v) is 5.83. The van der Waals surface area contributed by atoms with Gasteiger partial charge >= 0.3 is 0 Å². The van der Waals surface area contributed by atoms with Crippen LogP contribution in [0.2, 0.25) is 0 Å². The average molecular weight is 338 g/mol. The summed E-state index contributed by atoms with van der Waals surface area (Å²) in [6.07, 6.45) is 0. The lowest BCUT2D eigenvalue weighted by atomic mass is 10.2. The van der Waals surface area contributed by atoms with Gasteiger partial charge in [0.25, 0.3) is 5.69 Å². The van der Waals surface area contributed by atoms with Gasteiger partial charge in [0.15, 0.2) is 0 Å². The van der Waals surface area contributed by atoms with E-state index in [9.17, 15) is 23.7 Å². The number of carbonyl (C=O) groups excluding carboxylic acids is 1. The standard InChI is InChI=1S/C15H12F2N2O3S/c1-8-3-4-14(13(5-8)19(21)22)23-15-11(16)6-10(7-12(15)17)18-9(2)20/h3-7H,1-2H3,(H,18,20). The highest BCUT2D eigenvalue weighted by Gasteiger charge is 2.19. The van der Waals surface area contributed by atoms with E-state index >= 15 is 0 Å². The molecule has 2 aromatic rings. The fraction of sp³-hybridized carbons (Fsp3) is 0.133. The molecule has 2 aromatic carbocycles. The zero-order valence-corrected chi connectivity index (χ0v) is 13.0. The number of rotatable bonds is 4. The molecule has 23 heavy (non-hydrogen) atoms. The number of hydrogen-bond acceptors (Lipinski definition) is 4. The van der Waals surface area contributed by atoms with E-state index < -0.39 is 22.5 Å². The first-order valence-electron chi connectivity index (χ1n) is 6.47. The van der Waals surface area contributed by atoms with Crippen LogP contribution in [0.5, 0.6) is 0 Å².